The molecule has 1 aromatic rings. The van der Waals surface area contributed by atoms with E-state index in [0.717, 1.165) is 49.4 Å². The van der Waals surface area contributed by atoms with Crippen molar-refractivity contribution in [1.82, 2.24) is 5.32 Å². The second-order valence-electron chi connectivity index (χ2n) is 10.2. The van der Waals surface area contributed by atoms with Gasteiger partial charge in [0.15, 0.2) is 8.32 Å². The van der Waals surface area contributed by atoms with Gasteiger partial charge in [0.1, 0.15) is 0 Å². The molecule has 8 heteroatoms. The summed E-state index contributed by atoms with van der Waals surface area (Å²) < 4.78 is 11.3. The van der Waals surface area contributed by atoms with Crippen molar-refractivity contribution >= 4 is 26.0 Å². The Hall–Kier alpha value is -2.06. The van der Waals surface area contributed by atoms with Crippen molar-refractivity contribution in [1.29, 1.82) is 0 Å². The van der Waals surface area contributed by atoms with E-state index in [0.29, 0.717) is 18.6 Å². The number of ether oxygens (including phenoxy) is 1. The number of nitrogens with one attached hydrogen (secondary N) is 1. The maximum Gasteiger partial charge on any atom is 0.407 e. The number of benzene rings is 1. The molecule has 0 aliphatic carbocycles. The van der Waals surface area contributed by atoms with Gasteiger partial charge in [0.05, 0.1) is 17.9 Å². The SMILES string of the molecule is CCOC(=O)NC(C)Cc1cc2c(c(C(N)=O)c1)N(CCCO[Si](C)(C)C(C)(C)C)CC2. The molecular weight excluding hydrogens is 422 g/mol. The van der Waals surface area contributed by atoms with Crippen LogP contribution in [0.1, 0.15) is 62.5 Å². The molecule has 1 atom stereocenters. The molecule has 0 saturated heterocycles. The standard InChI is InChI=1S/C24H41N3O4Si/c1-8-30-23(29)26-17(2)14-18-15-19-10-12-27(21(19)20(16-18)22(25)28)11-9-13-31-32(6,7)24(3,4)5/h15-17H,8-14H2,1-7H3,(H2,25,28)(H,26,29). The summed E-state index contributed by atoms with van der Waals surface area (Å²) in [6.07, 6.45) is 1.97. The summed E-state index contributed by atoms with van der Waals surface area (Å²) in [5.41, 5.74) is 9.41. The van der Waals surface area contributed by atoms with Crippen LogP contribution in [-0.4, -0.2) is 52.7 Å². The first-order valence-corrected chi connectivity index (χ1v) is 14.5. The van der Waals surface area contributed by atoms with Crippen molar-refractivity contribution in [3.8, 4) is 0 Å². The van der Waals surface area contributed by atoms with Gasteiger partial charge in [-0.1, -0.05) is 26.8 Å². The minimum absolute atomic E-state index is 0.113. The summed E-state index contributed by atoms with van der Waals surface area (Å²) in [5.74, 6) is -0.418. The van der Waals surface area contributed by atoms with Gasteiger partial charge in [0.25, 0.3) is 5.91 Å². The quantitative estimate of drug-likeness (QED) is 0.400. The zero-order chi connectivity index (χ0) is 24.1. The first-order valence-electron chi connectivity index (χ1n) is 11.6. The molecule has 32 heavy (non-hydrogen) atoms. The number of nitrogens with zero attached hydrogens (tertiary/aromatic N) is 1. The average molecular weight is 464 g/mol. The van der Waals surface area contributed by atoms with Crippen LogP contribution in [0.25, 0.3) is 0 Å². The highest BCUT2D eigenvalue weighted by molar-refractivity contribution is 6.74. The van der Waals surface area contributed by atoms with E-state index in [-0.39, 0.29) is 11.1 Å². The number of rotatable bonds is 10. The van der Waals surface area contributed by atoms with Gasteiger partial charge in [-0.2, -0.15) is 0 Å². The largest absolute Gasteiger partial charge is 0.450 e. The lowest BCUT2D eigenvalue weighted by atomic mass is 9.98. The van der Waals surface area contributed by atoms with Gasteiger partial charge in [-0.05, 0) is 68.4 Å². The van der Waals surface area contributed by atoms with Crippen LogP contribution < -0.4 is 16.0 Å². The second kappa shape index (κ2) is 10.7. The third kappa shape index (κ3) is 6.72. The van der Waals surface area contributed by atoms with Gasteiger partial charge >= 0.3 is 6.09 Å². The minimum atomic E-state index is -1.75. The maximum absolute atomic E-state index is 12.3. The molecule has 1 aliphatic heterocycles. The first kappa shape index (κ1) is 26.2. The van der Waals surface area contributed by atoms with Gasteiger partial charge in [0.2, 0.25) is 0 Å². The van der Waals surface area contributed by atoms with Crippen LogP contribution in [0.3, 0.4) is 0 Å². The normalized spacial score (nSPS) is 14.8. The third-order valence-corrected chi connectivity index (χ3v) is 11.0. The summed E-state index contributed by atoms with van der Waals surface area (Å²) in [4.78, 5) is 26.2. The van der Waals surface area contributed by atoms with Crippen LogP contribution in [0.5, 0.6) is 0 Å². The fraction of sp³-hybridized carbons (Fsp3) is 0.667. The first-order chi connectivity index (χ1) is 14.9. The Morgan fingerprint density at radius 1 is 1.28 bits per heavy atom. The van der Waals surface area contributed by atoms with Crippen molar-refractivity contribution in [3.63, 3.8) is 0 Å². The highest BCUT2D eigenvalue weighted by Gasteiger charge is 2.37. The molecule has 0 saturated carbocycles. The molecule has 1 heterocycles. The molecule has 180 valence electrons. The Bertz CT molecular complexity index is 820. The van der Waals surface area contributed by atoms with Crippen molar-refractivity contribution in [3.05, 3.63) is 28.8 Å². The predicted molar refractivity (Wildman–Crippen MR) is 132 cm³/mol. The number of primary amides is 1. The monoisotopic (exact) mass is 463 g/mol. The Morgan fingerprint density at radius 2 is 1.97 bits per heavy atom. The van der Waals surface area contributed by atoms with E-state index in [1.165, 1.54) is 0 Å². The molecule has 0 bridgehead atoms. The molecule has 1 aromatic carbocycles. The number of carbonyl (C=O) groups is 2. The van der Waals surface area contributed by atoms with Gasteiger partial charge in [-0.3, -0.25) is 4.79 Å². The Labute approximate surface area is 194 Å². The van der Waals surface area contributed by atoms with Crippen LogP contribution in [-0.2, 0) is 22.0 Å². The second-order valence-corrected chi connectivity index (χ2v) is 15.0. The molecule has 3 N–H and O–H groups in total. The molecule has 2 amide bonds. The van der Waals surface area contributed by atoms with Gasteiger partial charge in [0, 0.05) is 25.7 Å². The van der Waals surface area contributed by atoms with Crippen LogP contribution in [0.15, 0.2) is 12.1 Å². The Morgan fingerprint density at radius 3 is 2.56 bits per heavy atom. The van der Waals surface area contributed by atoms with Gasteiger partial charge in [-0.25, -0.2) is 4.79 Å². The summed E-state index contributed by atoms with van der Waals surface area (Å²) in [7, 11) is -1.75. The molecule has 1 aliphatic rings. The smallest absolute Gasteiger partial charge is 0.407 e. The van der Waals surface area contributed by atoms with Crippen molar-refractivity contribution in [2.45, 2.75) is 78.1 Å². The van der Waals surface area contributed by atoms with Crippen molar-refractivity contribution in [2.24, 2.45) is 5.73 Å². The van der Waals surface area contributed by atoms with Crippen LogP contribution in [0.4, 0.5) is 10.5 Å². The molecular formula is C24H41N3O4Si. The van der Waals surface area contributed by atoms with Crippen molar-refractivity contribution in [2.75, 3.05) is 31.2 Å². The fourth-order valence-corrected chi connectivity index (χ4v) is 4.89. The summed E-state index contributed by atoms with van der Waals surface area (Å²) in [6, 6.07) is 3.89. The maximum atomic E-state index is 12.3. The number of carbonyl (C=O) groups excluding carboxylic acids is 2. The van der Waals surface area contributed by atoms with E-state index in [9.17, 15) is 9.59 Å². The molecule has 0 radical (unpaired) electrons. The molecule has 0 fully saturated rings. The molecule has 0 aromatic heterocycles. The van der Waals surface area contributed by atoms with E-state index < -0.39 is 20.3 Å². The number of anilines is 1. The lowest BCUT2D eigenvalue weighted by Crippen LogP contribution is -2.41. The van der Waals surface area contributed by atoms with E-state index >= 15 is 0 Å². The van der Waals surface area contributed by atoms with Crippen LogP contribution in [0, 0.1) is 0 Å². The van der Waals surface area contributed by atoms with Gasteiger partial charge in [-0.15, -0.1) is 0 Å². The van der Waals surface area contributed by atoms with E-state index in [1.807, 2.05) is 13.0 Å². The third-order valence-electron chi connectivity index (χ3n) is 6.50. The Kier molecular flexibility index (Phi) is 8.76. The number of alkyl carbamates (subject to hydrolysis) is 1. The minimum Gasteiger partial charge on any atom is -0.450 e. The average Bonchev–Trinajstić information content (AvgIpc) is 3.06. The number of nitrogens with two attached hydrogens (primary N) is 1. The summed E-state index contributed by atoms with van der Waals surface area (Å²) in [5, 5.41) is 3.01. The van der Waals surface area contributed by atoms with Crippen molar-refractivity contribution < 1.29 is 18.8 Å². The zero-order valence-corrected chi connectivity index (χ0v) is 21.8. The van der Waals surface area contributed by atoms with Crippen LogP contribution in [0.2, 0.25) is 18.1 Å². The van der Waals surface area contributed by atoms with Gasteiger partial charge < -0.3 is 25.1 Å². The molecule has 7 nitrogen and oxygen atoms in total. The topological polar surface area (TPSA) is 93.9 Å². The van der Waals surface area contributed by atoms with E-state index in [4.69, 9.17) is 14.9 Å². The number of amides is 2. The molecule has 1 unspecified atom stereocenters. The number of hydrogen-bond donors (Lipinski definition) is 2. The fourth-order valence-electron chi connectivity index (χ4n) is 3.80. The van der Waals surface area contributed by atoms with E-state index in [1.54, 1.807) is 6.92 Å². The Balaban J connectivity index is 2.05. The highest BCUT2D eigenvalue weighted by Crippen LogP contribution is 2.37. The van der Waals surface area contributed by atoms with E-state index in [2.05, 4.69) is 50.1 Å². The van der Waals surface area contributed by atoms with Crippen LogP contribution >= 0.6 is 0 Å². The number of hydrogen-bond acceptors (Lipinski definition) is 5. The zero-order valence-electron chi connectivity index (χ0n) is 20.8. The summed E-state index contributed by atoms with van der Waals surface area (Å²) >= 11 is 0. The molecule has 2 rings (SSSR count). The lowest BCUT2D eigenvalue weighted by Gasteiger charge is -2.36. The summed E-state index contributed by atoms with van der Waals surface area (Å²) in [6.45, 7) is 17.7. The number of fused-ring (bicyclic) bond motifs is 1. The highest BCUT2D eigenvalue weighted by atomic mass is 28.4. The predicted octanol–water partition coefficient (Wildman–Crippen LogP) is 4.24. The lowest BCUT2D eigenvalue weighted by molar-refractivity contribution is 0.100. The molecule has 0 spiro atoms.